The van der Waals surface area contributed by atoms with E-state index in [4.69, 9.17) is 0 Å². The van der Waals surface area contributed by atoms with Gasteiger partial charge in [-0.3, -0.25) is 0 Å². The second-order valence-corrected chi connectivity index (χ2v) is 5.91. The van der Waals surface area contributed by atoms with Crippen LogP contribution in [-0.4, -0.2) is 19.5 Å². The summed E-state index contributed by atoms with van der Waals surface area (Å²) >= 11 is 3.13. The molecule has 14 heavy (non-hydrogen) atoms. The Kier molecular flexibility index (Phi) is 4.13. The fourth-order valence-corrected chi connectivity index (χ4v) is 3.42. The van der Waals surface area contributed by atoms with Gasteiger partial charge in [-0.2, -0.15) is 0 Å². The van der Waals surface area contributed by atoms with Gasteiger partial charge in [-0.25, -0.2) is 8.42 Å². The zero-order valence-electron chi connectivity index (χ0n) is 8.03. The molecule has 0 heterocycles. The Hall–Kier alpha value is -0.350. The minimum Gasteiger partial charge on any atom is -0.224 e. The van der Waals surface area contributed by atoms with E-state index in [9.17, 15) is 8.42 Å². The van der Waals surface area contributed by atoms with Crippen LogP contribution < -0.4 is 0 Å². The number of aryl methyl sites for hydroxylation is 1. The van der Waals surface area contributed by atoms with Gasteiger partial charge in [0.05, 0.1) is 10.6 Å². The van der Waals surface area contributed by atoms with Gasteiger partial charge in [-0.05, 0) is 24.1 Å². The van der Waals surface area contributed by atoms with Crippen LogP contribution in [0, 0.1) is 0 Å². The number of benzene rings is 1. The molecule has 0 saturated heterocycles. The van der Waals surface area contributed by atoms with Gasteiger partial charge in [-0.15, -0.1) is 0 Å². The molecule has 1 aromatic carbocycles. The summed E-state index contributed by atoms with van der Waals surface area (Å²) in [5.41, 5.74) is 1.16. The predicted molar refractivity (Wildman–Crippen MR) is 61.7 cm³/mol. The molecule has 0 amide bonds. The van der Waals surface area contributed by atoms with Gasteiger partial charge < -0.3 is 0 Å². The highest BCUT2D eigenvalue weighted by molar-refractivity contribution is 9.09. The minimum atomic E-state index is -3.08. The van der Waals surface area contributed by atoms with Crippen LogP contribution in [0.4, 0.5) is 0 Å². The number of hydrogen-bond acceptors (Lipinski definition) is 2. The van der Waals surface area contributed by atoms with Crippen molar-refractivity contribution in [3.63, 3.8) is 0 Å². The number of sulfone groups is 1. The summed E-state index contributed by atoms with van der Waals surface area (Å²) in [4.78, 5) is 0.411. The van der Waals surface area contributed by atoms with Crippen molar-refractivity contribution >= 4 is 25.8 Å². The Labute approximate surface area is 93.4 Å². The van der Waals surface area contributed by atoms with Gasteiger partial charge >= 0.3 is 0 Å². The third-order valence-electron chi connectivity index (χ3n) is 2.04. The van der Waals surface area contributed by atoms with Crippen LogP contribution in [-0.2, 0) is 16.3 Å². The zero-order valence-corrected chi connectivity index (χ0v) is 10.4. The normalized spacial score (nSPS) is 11.6. The first-order valence-electron chi connectivity index (χ1n) is 4.48. The maximum absolute atomic E-state index is 11.6. The monoisotopic (exact) mass is 276 g/mol. The molecule has 1 rings (SSSR count). The predicted octanol–water partition coefficient (Wildman–Crippen LogP) is 2.42. The lowest BCUT2D eigenvalue weighted by molar-refractivity contribution is 0.597. The van der Waals surface area contributed by atoms with Gasteiger partial charge in [0.25, 0.3) is 0 Å². The van der Waals surface area contributed by atoms with Crippen molar-refractivity contribution in [2.24, 2.45) is 0 Å². The molecule has 0 unspecified atom stereocenters. The van der Waals surface area contributed by atoms with Crippen LogP contribution in [0.1, 0.15) is 12.5 Å². The van der Waals surface area contributed by atoms with Crippen molar-refractivity contribution in [1.29, 1.82) is 0 Å². The van der Waals surface area contributed by atoms with Crippen LogP contribution in [0.5, 0.6) is 0 Å². The van der Waals surface area contributed by atoms with Crippen molar-refractivity contribution < 1.29 is 8.42 Å². The quantitative estimate of drug-likeness (QED) is 0.792. The standard InChI is InChI=1S/C10H13BrO2S/c1-2-9-3-5-10(6-4-9)14(12,13)8-7-11/h3-6H,2,7-8H2,1H3. The van der Waals surface area contributed by atoms with E-state index in [1.807, 2.05) is 19.1 Å². The lowest BCUT2D eigenvalue weighted by Crippen LogP contribution is -2.07. The van der Waals surface area contributed by atoms with Gasteiger partial charge in [-0.1, -0.05) is 35.0 Å². The van der Waals surface area contributed by atoms with Gasteiger partial charge in [0.2, 0.25) is 0 Å². The van der Waals surface area contributed by atoms with Crippen molar-refractivity contribution in [2.45, 2.75) is 18.2 Å². The van der Waals surface area contributed by atoms with E-state index in [0.29, 0.717) is 10.2 Å². The Bertz CT molecular complexity index is 381. The number of rotatable bonds is 4. The van der Waals surface area contributed by atoms with Crippen LogP contribution >= 0.6 is 15.9 Å². The first kappa shape index (κ1) is 11.7. The topological polar surface area (TPSA) is 34.1 Å². The van der Waals surface area contributed by atoms with E-state index in [0.717, 1.165) is 12.0 Å². The molecule has 0 fully saturated rings. The highest BCUT2D eigenvalue weighted by Gasteiger charge is 2.12. The molecule has 0 atom stereocenters. The molecule has 0 spiro atoms. The van der Waals surface area contributed by atoms with Crippen LogP contribution in [0.25, 0.3) is 0 Å². The molecule has 0 N–H and O–H groups in total. The van der Waals surface area contributed by atoms with Gasteiger partial charge in [0, 0.05) is 5.33 Å². The summed E-state index contributed by atoms with van der Waals surface area (Å²) < 4.78 is 23.2. The Balaban J connectivity index is 2.97. The summed E-state index contributed by atoms with van der Waals surface area (Å²) in [5.74, 6) is 0.151. The highest BCUT2D eigenvalue weighted by atomic mass is 79.9. The van der Waals surface area contributed by atoms with E-state index < -0.39 is 9.84 Å². The molecular weight excluding hydrogens is 264 g/mol. The molecule has 0 bridgehead atoms. The summed E-state index contributed by atoms with van der Waals surface area (Å²) in [5, 5.41) is 0.477. The Morgan fingerprint density at radius 3 is 2.21 bits per heavy atom. The molecule has 0 aliphatic rings. The fourth-order valence-electron chi connectivity index (χ4n) is 1.15. The molecule has 0 aromatic heterocycles. The smallest absolute Gasteiger partial charge is 0.179 e. The van der Waals surface area contributed by atoms with Crippen LogP contribution in [0.3, 0.4) is 0 Å². The molecule has 1 aromatic rings. The number of hydrogen-bond donors (Lipinski definition) is 0. The SMILES string of the molecule is CCc1ccc(S(=O)(=O)CCBr)cc1. The lowest BCUT2D eigenvalue weighted by atomic mass is 10.2. The molecule has 0 aliphatic heterocycles. The average molecular weight is 277 g/mol. The first-order valence-corrected chi connectivity index (χ1v) is 7.25. The third kappa shape index (κ3) is 2.82. The van der Waals surface area contributed by atoms with E-state index in [1.165, 1.54) is 0 Å². The van der Waals surface area contributed by atoms with Gasteiger partial charge in [0.15, 0.2) is 9.84 Å². The van der Waals surface area contributed by atoms with Crippen molar-refractivity contribution in [1.82, 2.24) is 0 Å². The minimum absolute atomic E-state index is 0.151. The summed E-state index contributed by atoms with van der Waals surface area (Å²) in [6.45, 7) is 2.04. The van der Waals surface area contributed by atoms with E-state index >= 15 is 0 Å². The van der Waals surface area contributed by atoms with E-state index in [-0.39, 0.29) is 5.75 Å². The summed E-state index contributed by atoms with van der Waals surface area (Å²) in [7, 11) is -3.08. The van der Waals surface area contributed by atoms with Crippen molar-refractivity contribution in [3.05, 3.63) is 29.8 Å². The fraction of sp³-hybridized carbons (Fsp3) is 0.400. The average Bonchev–Trinajstić information content (AvgIpc) is 2.18. The van der Waals surface area contributed by atoms with E-state index in [1.54, 1.807) is 12.1 Å². The molecule has 2 nitrogen and oxygen atoms in total. The molecular formula is C10H13BrO2S. The van der Waals surface area contributed by atoms with Crippen LogP contribution in [0.15, 0.2) is 29.2 Å². The van der Waals surface area contributed by atoms with Gasteiger partial charge in [0.1, 0.15) is 0 Å². The molecule has 0 aliphatic carbocycles. The van der Waals surface area contributed by atoms with Crippen LogP contribution in [0.2, 0.25) is 0 Å². The molecule has 0 saturated carbocycles. The summed E-state index contributed by atoms with van der Waals surface area (Å²) in [6, 6.07) is 7.08. The second kappa shape index (κ2) is 4.94. The molecule has 4 heteroatoms. The Morgan fingerprint density at radius 2 is 1.79 bits per heavy atom. The molecule has 78 valence electrons. The van der Waals surface area contributed by atoms with E-state index in [2.05, 4.69) is 15.9 Å². The lowest BCUT2D eigenvalue weighted by Gasteiger charge is -2.02. The number of halogens is 1. The maximum Gasteiger partial charge on any atom is 0.179 e. The largest absolute Gasteiger partial charge is 0.224 e. The zero-order chi connectivity index (χ0) is 10.6. The third-order valence-corrected chi connectivity index (χ3v) is 4.69. The van der Waals surface area contributed by atoms with Crippen molar-refractivity contribution in [2.75, 3.05) is 11.1 Å². The second-order valence-electron chi connectivity index (χ2n) is 3.01. The Morgan fingerprint density at radius 1 is 1.21 bits per heavy atom. The number of alkyl halides is 1. The molecule has 0 radical (unpaired) electrons. The first-order chi connectivity index (χ1) is 6.60. The summed E-state index contributed by atoms with van der Waals surface area (Å²) in [6.07, 6.45) is 0.929. The highest BCUT2D eigenvalue weighted by Crippen LogP contribution is 2.13. The van der Waals surface area contributed by atoms with Crippen molar-refractivity contribution in [3.8, 4) is 0 Å². The maximum atomic E-state index is 11.6.